The summed E-state index contributed by atoms with van der Waals surface area (Å²) in [6, 6.07) is 7.26. The number of H-pyrrole nitrogens is 1. The molecule has 2 N–H and O–H groups in total. The van der Waals surface area contributed by atoms with Gasteiger partial charge in [0.1, 0.15) is 0 Å². The van der Waals surface area contributed by atoms with Crippen molar-refractivity contribution in [1.29, 1.82) is 0 Å². The summed E-state index contributed by atoms with van der Waals surface area (Å²) >= 11 is 0. The van der Waals surface area contributed by atoms with Gasteiger partial charge in [0.25, 0.3) is 0 Å². The minimum atomic E-state index is -0.140. The first-order valence-electron chi connectivity index (χ1n) is 9.81. The molecule has 5 nitrogen and oxygen atoms in total. The maximum absolute atomic E-state index is 11.1. The summed E-state index contributed by atoms with van der Waals surface area (Å²) in [6.07, 6.45) is 3.41. The number of aromatic amines is 1. The molecule has 3 atom stereocenters. The number of benzene rings is 1. The van der Waals surface area contributed by atoms with Crippen LogP contribution in [0.25, 0.3) is 10.9 Å². The number of rotatable bonds is 5. The number of carbonyl (C=O) groups excluding carboxylic acids is 1. The number of nitrogens with one attached hydrogen (secondary N) is 2. The lowest BCUT2D eigenvalue weighted by molar-refractivity contribution is -0.133. The molecular weight excluding hydrogens is 326 g/mol. The van der Waals surface area contributed by atoms with Gasteiger partial charge >= 0.3 is 0 Å². The number of hydrogen-bond acceptors (Lipinski definition) is 3. The van der Waals surface area contributed by atoms with Crippen molar-refractivity contribution < 1.29 is 9.63 Å². The van der Waals surface area contributed by atoms with E-state index in [-0.39, 0.29) is 5.91 Å². The maximum atomic E-state index is 11.1. The molecule has 5 heteroatoms. The van der Waals surface area contributed by atoms with E-state index in [4.69, 9.17) is 4.84 Å². The highest BCUT2D eigenvalue weighted by Gasteiger charge is 2.41. The summed E-state index contributed by atoms with van der Waals surface area (Å²) in [6.45, 7) is 8.69. The molecule has 26 heavy (non-hydrogen) atoms. The predicted molar refractivity (Wildman–Crippen MR) is 103 cm³/mol. The van der Waals surface area contributed by atoms with Crippen molar-refractivity contribution in [2.45, 2.75) is 52.0 Å². The van der Waals surface area contributed by atoms with Crippen LogP contribution in [-0.2, 0) is 16.1 Å². The second-order valence-electron chi connectivity index (χ2n) is 7.94. The Labute approximate surface area is 155 Å². The Kier molecular flexibility index (Phi) is 4.76. The van der Waals surface area contributed by atoms with Gasteiger partial charge in [-0.25, -0.2) is 5.48 Å². The van der Waals surface area contributed by atoms with E-state index < -0.39 is 0 Å². The molecule has 2 aliphatic rings. The molecule has 1 aromatic heterocycles. The van der Waals surface area contributed by atoms with E-state index in [1.807, 2.05) is 0 Å². The number of nitrogens with zero attached hydrogens (tertiary/aromatic N) is 1. The Bertz CT molecular complexity index is 813. The zero-order valence-corrected chi connectivity index (χ0v) is 16.0. The largest absolute Gasteiger partial charge is 0.358 e. The highest BCUT2D eigenvalue weighted by atomic mass is 16.6. The zero-order valence-electron chi connectivity index (χ0n) is 16.0. The molecule has 2 heterocycles. The summed E-state index contributed by atoms with van der Waals surface area (Å²) in [7, 11) is 0. The zero-order chi connectivity index (χ0) is 18.3. The molecule has 1 aliphatic heterocycles. The standard InChI is InChI=1S/C21H29N3O2/c1-4-8-24-11-15(12-26-23-14(3)25)9-18-16-6-5-7-19-21(16)17(10-20(18)24)13(2)22-19/h5-7,15,18,20,22H,4,8-12H2,1-3H3,(H,23,25)/t15-,18?,20+/m0/s1. The highest BCUT2D eigenvalue weighted by molar-refractivity contribution is 5.89. The average Bonchev–Trinajstić information content (AvgIpc) is 2.93. The molecule has 0 spiro atoms. The topological polar surface area (TPSA) is 57.4 Å². The van der Waals surface area contributed by atoms with Crippen LogP contribution in [0.1, 0.15) is 49.4 Å². The van der Waals surface area contributed by atoms with Gasteiger partial charge in [0, 0.05) is 42.0 Å². The molecule has 0 bridgehead atoms. The quantitative estimate of drug-likeness (QED) is 0.809. The number of amides is 1. The van der Waals surface area contributed by atoms with Gasteiger partial charge in [-0.15, -0.1) is 0 Å². The predicted octanol–water partition coefficient (Wildman–Crippen LogP) is 3.28. The smallest absolute Gasteiger partial charge is 0.240 e. The van der Waals surface area contributed by atoms with Crippen LogP contribution in [0.15, 0.2) is 18.2 Å². The Morgan fingerprint density at radius 3 is 3.04 bits per heavy atom. The third kappa shape index (κ3) is 3.03. The highest BCUT2D eigenvalue weighted by Crippen LogP contribution is 2.45. The van der Waals surface area contributed by atoms with E-state index in [0.29, 0.717) is 24.5 Å². The van der Waals surface area contributed by atoms with Crippen molar-refractivity contribution in [3.05, 3.63) is 35.0 Å². The number of fused-ring (bicyclic) bond motifs is 2. The number of carbonyl (C=O) groups is 1. The minimum absolute atomic E-state index is 0.140. The van der Waals surface area contributed by atoms with E-state index in [9.17, 15) is 4.79 Å². The number of hydroxylamine groups is 1. The lowest BCUT2D eigenvalue weighted by Gasteiger charge is -2.47. The second-order valence-corrected chi connectivity index (χ2v) is 7.94. The molecular formula is C21H29N3O2. The molecule has 1 aromatic carbocycles. The van der Waals surface area contributed by atoms with Crippen molar-refractivity contribution in [2.75, 3.05) is 19.7 Å². The van der Waals surface area contributed by atoms with Gasteiger partial charge in [-0.05, 0) is 55.8 Å². The van der Waals surface area contributed by atoms with Gasteiger partial charge in [-0.1, -0.05) is 19.1 Å². The van der Waals surface area contributed by atoms with Crippen LogP contribution in [0.3, 0.4) is 0 Å². The number of aryl methyl sites for hydroxylation is 1. The van der Waals surface area contributed by atoms with E-state index in [1.165, 1.54) is 34.6 Å². The Hall–Kier alpha value is -1.85. The van der Waals surface area contributed by atoms with Gasteiger partial charge in [-0.2, -0.15) is 0 Å². The Morgan fingerprint density at radius 2 is 2.27 bits per heavy atom. The molecule has 140 valence electrons. The Balaban J connectivity index is 1.65. The number of aromatic nitrogens is 1. The normalized spacial score (nSPS) is 25.3. The fourth-order valence-corrected chi connectivity index (χ4v) is 5.09. The van der Waals surface area contributed by atoms with E-state index in [2.05, 4.69) is 47.4 Å². The SMILES string of the molecule is CCCN1C[C@@H](CONC(C)=O)CC2c3cccc4[nH]c(C)c(c34)C[C@H]21. The van der Waals surface area contributed by atoms with Crippen LogP contribution in [0, 0.1) is 12.8 Å². The van der Waals surface area contributed by atoms with Gasteiger partial charge in [0.05, 0.1) is 6.61 Å². The molecule has 1 fully saturated rings. The molecule has 1 aliphatic carbocycles. The molecule has 4 rings (SSSR count). The number of likely N-dealkylation sites (tertiary alicyclic amines) is 1. The number of piperidine rings is 1. The second kappa shape index (κ2) is 7.05. The minimum Gasteiger partial charge on any atom is -0.358 e. The first-order chi connectivity index (χ1) is 12.6. The molecule has 2 aromatic rings. The molecule has 1 unspecified atom stereocenters. The molecule has 1 amide bonds. The van der Waals surface area contributed by atoms with Crippen LogP contribution < -0.4 is 5.48 Å². The van der Waals surface area contributed by atoms with Crippen molar-refractivity contribution in [1.82, 2.24) is 15.4 Å². The molecule has 0 saturated carbocycles. The fourth-order valence-electron chi connectivity index (χ4n) is 5.09. The van der Waals surface area contributed by atoms with Gasteiger partial charge in [0.2, 0.25) is 5.91 Å². The summed E-state index contributed by atoms with van der Waals surface area (Å²) in [5.41, 5.74) is 8.07. The summed E-state index contributed by atoms with van der Waals surface area (Å²) in [4.78, 5) is 22.8. The van der Waals surface area contributed by atoms with E-state index in [1.54, 1.807) is 0 Å². The lowest BCUT2D eigenvalue weighted by Crippen LogP contribution is -2.51. The van der Waals surface area contributed by atoms with Crippen LogP contribution in [-0.4, -0.2) is 41.5 Å². The summed E-state index contributed by atoms with van der Waals surface area (Å²) in [5, 5.41) is 1.45. The van der Waals surface area contributed by atoms with Crippen molar-refractivity contribution in [3.63, 3.8) is 0 Å². The third-order valence-corrected chi connectivity index (χ3v) is 6.05. The van der Waals surface area contributed by atoms with E-state index in [0.717, 1.165) is 32.4 Å². The van der Waals surface area contributed by atoms with Crippen LogP contribution in [0.2, 0.25) is 0 Å². The summed E-state index contributed by atoms with van der Waals surface area (Å²) < 4.78 is 0. The first-order valence-corrected chi connectivity index (χ1v) is 9.81. The van der Waals surface area contributed by atoms with E-state index >= 15 is 0 Å². The monoisotopic (exact) mass is 355 g/mol. The Morgan fingerprint density at radius 1 is 1.42 bits per heavy atom. The van der Waals surface area contributed by atoms with Crippen molar-refractivity contribution in [2.24, 2.45) is 5.92 Å². The van der Waals surface area contributed by atoms with Crippen LogP contribution >= 0.6 is 0 Å². The van der Waals surface area contributed by atoms with Gasteiger partial charge in [0.15, 0.2) is 0 Å². The van der Waals surface area contributed by atoms with Crippen LogP contribution in [0.4, 0.5) is 0 Å². The van der Waals surface area contributed by atoms with Gasteiger partial charge in [-0.3, -0.25) is 14.5 Å². The lowest BCUT2D eigenvalue weighted by atomic mass is 9.72. The number of hydrogen-bond donors (Lipinski definition) is 2. The average molecular weight is 355 g/mol. The maximum Gasteiger partial charge on any atom is 0.240 e. The molecule has 0 radical (unpaired) electrons. The van der Waals surface area contributed by atoms with Gasteiger partial charge < -0.3 is 4.98 Å². The summed E-state index contributed by atoms with van der Waals surface area (Å²) in [5.74, 6) is 0.832. The molecule has 1 saturated heterocycles. The van der Waals surface area contributed by atoms with Crippen LogP contribution in [0.5, 0.6) is 0 Å². The third-order valence-electron chi connectivity index (χ3n) is 6.05. The fraction of sp³-hybridized carbons (Fsp3) is 0.571. The van der Waals surface area contributed by atoms with Crippen molar-refractivity contribution >= 4 is 16.8 Å². The first kappa shape index (κ1) is 17.6. The van der Waals surface area contributed by atoms with Crippen molar-refractivity contribution in [3.8, 4) is 0 Å².